The molecule has 21 heavy (non-hydrogen) atoms. The van der Waals surface area contributed by atoms with E-state index in [2.05, 4.69) is 5.32 Å². The molecule has 6 nitrogen and oxygen atoms in total. The molecule has 1 rings (SSSR count). The molecule has 0 aliphatic carbocycles. The molecule has 2 N–H and O–H groups in total. The Labute approximate surface area is 127 Å². The van der Waals surface area contributed by atoms with Crippen molar-refractivity contribution < 1.29 is 19.5 Å². The van der Waals surface area contributed by atoms with E-state index in [0.29, 0.717) is 13.1 Å². The van der Waals surface area contributed by atoms with E-state index >= 15 is 0 Å². The molecule has 0 aliphatic heterocycles. The molecule has 0 atom stereocenters. The van der Waals surface area contributed by atoms with Crippen molar-refractivity contribution in [2.45, 2.75) is 33.7 Å². The molecule has 0 unspecified atom stereocenters. The normalized spacial score (nSPS) is 11.0. The third kappa shape index (κ3) is 5.18. The summed E-state index contributed by atoms with van der Waals surface area (Å²) in [4.78, 5) is 37.3. The Bertz CT molecular complexity index is 511. The second kappa shape index (κ2) is 7.21. The minimum atomic E-state index is -1.20. The zero-order valence-corrected chi connectivity index (χ0v) is 13.2. The Balaban J connectivity index is 2.58. The van der Waals surface area contributed by atoms with Gasteiger partial charge in [0, 0.05) is 17.8 Å². The van der Waals surface area contributed by atoms with Gasteiger partial charge in [0.15, 0.2) is 0 Å². The number of aliphatic carboxylic acids is 1. The Kier molecular flexibility index (Phi) is 5.90. The highest BCUT2D eigenvalue weighted by Gasteiger charge is 2.31. The zero-order valence-electron chi connectivity index (χ0n) is 12.4. The standard InChI is InChI=1S/C14H20N2O4S/c1-4-16(9-10-6-5-7-21-10)13(20)15-11(17)8-14(2,3)12(18)19/h5-7H,4,8-9H2,1-3H3,(H,18,19)(H,15,17,20). The van der Waals surface area contributed by atoms with Crippen LogP contribution in [0.2, 0.25) is 0 Å². The van der Waals surface area contributed by atoms with Gasteiger partial charge in [0.05, 0.1) is 12.0 Å². The summed E-state index contributed by atoms with van der Waals surface area (Å²) >= 11 is 1.53. The number of amides is 3. The number of carbonyl (C=O) groups excluding carboxylic acids is 2. The van der Waals surface area contributed by atoms with Crippen LogP contribution in [0.5, 0.6) is 0 Å². The van der Waals surface area contributed by atoms with Crippen LogP contribution in [0.1, 0.15) is 32.1 Å². The van der Waals surface area contributed by atoms with E-state index in [4.69, 9.17) is 5.11 Å². The first kappa shape index (κ1) is 17.2. The zero-order chi connectivity index (χ0) is 16.0. The van der Waals surface area contributed by atoms with E-state index in [1.165, 1.54) is 30.1 Å². The van der Waals surface area contributed by atoms with E-state index in [9.17, 15) is 14.4 Å². The van der Waals surface area contributed by atoms with Crippen LogP contribution in [0.4, 0.5) is 4.79 Å². The fraction of sp³-hybridized carbons (Fsp3) is 0.500. The quantitative estimate of drug-likeness (QED) is 0.844. The van der Waals surface area contributed by atoms with Gasteiger partial charge in [0.2, 0.25) is 5.91 Å². The summed E-state index contributed by atoms with van der Waals surface area (Å²) in [6.07, 6.45) is -0.245. The molecule has 0 aromatic carbocycles. The fourth-order valence-corrected chi connectivity index (χ4v) is 2.36. The first-order valence-electron chi connectivity index (χ1n) is 6.60. The molecule has 0 spiro atoms. The van der Waals surface area contributed by atoms with Gasteiger partial charge < -0.3 is 10.0 Å². The van der Waals surface area contributed by atoms with Gasteiger partial charge in [0.25, 0.3) is 0 Å². The van der Waals surface area contributed by atoms with Crippen molar-refractivity contribution in [3.8, 4) is 0 Å². The molecule has 0 fully saturated rings. The van der Waals surface area contributed by atoms with Gasteiger partial charge in [-0.25, -0.2) is 4.79 Å². The summed E-state index contributed by atoms with van der Waals surface area (Å²) in [5.41, 5.74) is -1.20. The number of imide groups is 1. The van der Waals surface area contributed by atoms with Crippen molar-refractivity contribution in [1.82, 2.24) is 10.2 Å². The van der Waals surface area contributed by atoms with E-state index in [0.717, 1.165) is 4.88 Å². The topological polar surface area (TPSA) is 86.7 Å². The molecule has 0 radical (unpaired) electrons. The summed E-state index contributed by atoms with van der Waals surface area (Å²) < 4.78 is 0. The number of carboxylic acid groups (broad SMARTS) is 1. The van der Waals surface area contributed by atoms with Crippen LogP contribution in [0.15, 0.2) is 17.5 Å². The van der Waals surface area contributed by atoms with Crippen molar-refractivity contribution in [1.29, 1.82) is 0 Å². The molecule has 1 aromatic rings. The van der Waals surface area contributed by atoms with Crippen molar-refractivity contribution >= 4 is 29.2 Å². The molecular formula is C14H20N2O4S. The number of nitrogens with one attached hydrogen (secondary N) is 1. The molecule has 7 heteroatoms. The fourth-order valence-electron chi connectivity index (χ4n) is 1.64. The number of hydrogen-bond donors (Lipinski definition) is 2. The second-order valence-electron chi connectivity index (χ2n) is 5.31. The number of rotatable bonds is 6. The van der Waals surface area contributed by atoms with Gasteiger partial charge in [-0.05, 0) is 32.2 Å². The van der Waals surface area contributed by atoms with Crippen molar-refractivity contribution in [3.05, 3.63) is 22.4 Å². The maximum Gasteiger partial charge on any atom is 0.324 e. The summed E-state index contributed by atoms with van der Waals surface area (Å²) in [5, 5.41) is 13.1. The largest absolute Gasteiger partial charge is 0.481 e. The smallest absolute Gasteiger partial charge is 0.324 e. The number of urea groups is 1. The minimum absolute atomic E-state index is 0.245. The molecule has 1 heterocycles. The van der Waals surface area contributed by atoms with Gasteiger partial charge in [-0.1, -0.05) is 6.07 Å². The Morgan fingerprint density at radius 3 is 2.52 bits per heavy atom. The monoisotopic (exact) mass is 312 g/mol. The summed E-state index contributed by atoms with van der Waals surface area (Å²) in [6, 6.07) is 3.31. The third-order valence-corrected chi connectivity index (χ3v) is 3.88. The lowest BCUT2D eigenvalue weighted by Crippen LogP contribution is -2.44. The highest BCUT2D eigenvalue weighted by atomic mass is 32.1. The van der Waals surface area contributed by atoms with Crippen LogP contribution in [0.25, 0.3) is 0 Å². The first-order valence-corrected chi connectivity index (χ1v) is 7.48. The average molecular weight is 312 g/mol. The van der Waals surface area contributed by atoms with Gasteiger partial charge >= 0.3 is 12.0 Å². The highest BCUT2D eigenvalue weighted by Crippen LogP contribution is 2.20. The van der Waals surface area contributed by atoms with E-state index in [-0.39, 0.29) is 6.42 Å². The minimum Gasteiger partial charge on any atom is -0.481 e. The maximum absolute atomic E-state index is 12.0. The van der Waals surface area contributed by atoms with Crippen molar-refractivity contribution in [2.24, 2.45) is 5.41 Å². The third-order valence-electron chi connectivity index (χ3n) is 3.02. The molecule has 0 saturated heterocycles. The number of carbonyl (C=O) groups is 3. The van der Waals surface area contributed by atoms with Gasteiger partial charge in [-0.15, -0.1) is 11.3 Å². The van der Waals surface area contributed by atoms with Gasteiger partial charge in [0.1, 0.15) is 0 Å². The predicted octanol–water partition coefficient (Wildman–Crippen LogP) is 2.31. The second-order valence-corrected chi connectivity index (χ2v) is 6.34. The predicted molar refractivity (Wildman–Crippen MR) is 80.0 cm³/mol. The average Bonchev–Trinajstić information content (AvgIpc) is 2.87. The van der Waals surface area contributed by atoms with Crippen LogP contribution in [0, 0.1) is 5.41 Å². The van der Waals surface area contributed by atoms with E-state index in [1.54, 1.807) is 0 Å². The van der Waals surface area contributed by atoms with Gasteiger partial charge in [-0.2, -0.15) is 0 Å². The number of thiophene rings is 1. The highest BCUT2D eigenvalue weighted by molar-refractivity contribution is 7.09. The summed E-state index contributed by atoms with van der Waals surface area (Å²) in [6.45, 7) is 5.60. The van der Waals surface area contributed by atoms with Gasteiger partial charge in [-0.3, -0.25) is 14.9 Å². The maximum atomic E-state index is 12.0. The Morgan fingerprint density at radius 2 is 2.05 bits per heavy atom. The van der Waals surface area contributed by atoms with E-state index < -0.39 is 23.3 Å². The summed E-state index contributed by atoms with van der Waals surface area (Å²) in [5.74, 6) is -1.66. The Hall–Kier alpha value is -1.89. The molecule has 3 amide bonds. The Morgan fingerprint density at radius 1 is 1.38 bits per heavy atom. The molecule has 116 valence electrons. The van der Waals surface area contributed by atoms with Crippen LogP contribution < -0.4 is 5.32 Å². The number of nitrogens with zero attached hydrogens (tertiary/aromatic N) is 1. The lowest BCUT2D eigenvalue weighted by Gasteiger charge is -2.22. The molecule has 0 saturated carbocycles. The number of hydrogen-bond acceptors (Lipinski definition) is 4. The number of carboxylic acids is 1. The molecule has 1 aromatic heterocycles. The van der Waals surface area contributed by atoms with E-state index in [1.807, 2.05) is 24.4 Å². The van der Waals surface area contributed by atoms with Crippen LogP contribution >= 0.6 is 11.3 Å². The lowest BCUT2D eigenvalue weighted by molar-refractivity contribution is -0.149. The van der Waals surface area contributed by atoms with Crippen LogP contribution in [-0.4, -0.2) is 34.5 Å². The molecular weight excluding hydrogens is 292 g/mol. The molecule has 0 bridgehead atoms. The van der Waals surface area contributed by atoms with Crippen LogP contribution in [-0.2, 0) is 16.1 Å². The van der Waals surface area contributed by atoms with Crippen molar-refractivity contribution in [3.63, 3.8) is 0 Å². The summed E-state index contributed by atoms with van der Waals surface area (Å²) in [7, 11) is 0. The van der Waals surface area contributed by atoms with Crippen molar-refractivity contribution in [2.75, 3.05) is 6.54 Å². The molecule has 0 aliphatic rings. The lowest BCUT2D eigenvalue weighted by atomic mass is 9.89. The van der Waals surface area contributed by atoms with Crippen LogP contribution in [0.3, 0.4) is 0 Å². The SMILES string of the molecule is CCN(Cc1cccs1)C(=O)NC(=O)CC(C)(C)C(=O)O. The first-order chi connectivity index (χ1) is 9.76.